The molecule has 1 unspecified atom stereocenters. The van der Waals surface area contributed by atoms with Crippen LogP contribution in [0.2, 0.25) is 0 Å². The zero-order valence-electron chi connectivity index (χ0n) is 35.9. The molecule has 4 heteroatoms. The highest BCUT2D eigenvalue weighted by atomic mass is 16.6. The van der Waals surface area contributed by atoms with E-state index in [0.717, 1.165) is 83.5 Å². The van der Waals surface area contributed by atoms with E-state index < -0.39 is 6.10 Å². The largest absolute Gasteiger partial charge is 0.457 e. The summed E-state index contributed by atoms with van der Waals surface area (Å²) in [4.78, 5) is 12.2. The van der Waals surface area contributed by atoms with Crippen molar-refractivity contribution in [2.24, 2.45) is 0 Å². The first-order valence-corrected chi connectivity index (χ1v) is 22.8. The fraction of sp³-hybridized carbons (Fsp3) is 0.667. The third-order valence-corrected chi connectivity index (χ3v) is 9.40. The van der Waals surface area contributed by atoms with E-state index in [1.807, 2.05) is 0 Å². The third kappa shape index (κ3) is 45.6. The zero-order valence-corrected chi connectivity index (χ0v) is 35.9. The second-order valence-corrected chi connectivity index (χ2v) is 14.7. The monoisotopic (exact) mass is 763 g/mol. The highest BCUT2D eigenvalue weighted by Crippen LogP contribution is 2.13. The van der Waals surface area contributed by atoms with Crippen molar-refractivity contribution in [1.82, 2.24) is 0 Å². The van der Waals surface area contributed by atoms with Gasteiger partial charge in [-0.1, -0.05) is 195 Å². The van der Waals surface area contributed by atoms with Crippen molar-refractivity contribution in [3.63, 3.8) is 0 Å². The molecule has 0 amide bonds. The number of aliphatic hydroxyl groups excluding tert-OH is 1. The van der Waals surface area contributed by atoms with E-state index in [4.69, 9.17) is 9.47 Å². The lowest BCUT2D eigenvalue weighted by Gasteiger charge is -2.16. The Bertz CT molecular complexity index is 1030. The standard InChI is InChI=1S/C51H86O4/c1-3-5-7-9-11-13-15-17-19-21-23-24-25-26-27-29-31-33-35-37-39-41-43-45-47-54-49-50(48-52)55-51(53)46-44-42-40-38-36-34-32-30-28-22-20-18-16-14-12-10-8-6-4-2/h5-8,11-14,17-20,23-24,28,30,50,52H,3-4,9-10,15-16,21-22,25-27,29,31-49H2,1-2H3/b7-5-,8-6-,13-11-,14-12-,19-17-,20-18-,24-23-,30-28-. The number of aliphatic hydroxyl groups is 1. The summed E-state index contributed by atoms with van der Waals surface area (Å²) >= 11 is 0. The minimum absolute atomic E-state index is 0.184. The van der Waals surface area contributed by atoms with Gasteiger partial charge in [-0.15, -0.1) is 0 Å². The van der Waals surface area contributed by atoms with E-state index in [0.29, 0.717) is 13.0 Å². The van der Waals surface area contributed by atoms with Crippen LogP contribution in [0.1, 0.15) is 194 Å². The highest BCUT2D eigenvalue weighted by molar-refractivity contribution is 5.69. The Kier molecular flexibility index (Phi) is 45.1. The van der Waals surface area contributed by atoms with Crippen molar-refractivity contribution in [3.05, 3.63) is 97.2 Å². The van der Waals surface area contributed by atoms with Crippen molar-refractivity contribution in [2.45, 2.75) is 200 Å². The van der Waals surface area contributed by atoms with Crippen molar-refractivity contribution >= 4 is 5.97 Å². The molecular weight excluding hydrogens is 677 g/mol. The maximum absolute atomic E-state index is 12.2. The number of hydrogen-bond donors (Lipinski definition) is 1. The van der Waals surface area contributed by atoms with Gasteiger partial charge in [0.25, 0.3) is 0 Å². The minimum atomic E-state index is -0.550. The highest BCUT2D eigenvalue weighted by Gasteiger charge is 2.13. The second kappa shape index (κ2) is 47.5. The van der Waals surface area contributed by atoms with Crippen LogP contribution in [0.5, 0.6) is 0 Å². The normalized spacial score (nSPS) is 13.3. The van der Waals surface area contributed by atoms with Crippen LogP contribution >= 0.6 is 0 Å². The molecule has 0 radical (unpaired) electrons. The van der Waals surface area contributed by atoms with E-state index in [2.05, 4.69) is 111 Å². The third-order valence-electron chi connectivity index (χ3n) is 9.40. The molecule has 0 fully saturated rings. The number of allylic oxidation sites excluding steroid dienone is 16. The van der Waals surface area contributed by atoms with Gasteiger partial charge >= 0.3 is 5.97 Å². The van der Waals surface area contributed by atoms with Gasteiger partial charge in [-0.3, -0.25) is 4.79 Å². The van der Waals surface area contributed by atoms with E-state index in [9.17, 15) is 9.90 Å². The fourth-order valence-electron chi connectivity index (χ4n) is 6.07. The van der Waals surface area contributed by atoms with Crippen LogP contribution in [0.25, 0.3) is 0 Å². The minimum Gasteiger partial charge on any atom is -0.457 e. The Hall–Kier alpha value is -2.69. The van der Waals surface area contributed by atoms with E-state index >= 15 is 0 Å². The van der Waals surface area contributed by atoms with Crippen LogP contribution in [0.15, 0.2) is 97.2 Å². The predicted octanol–water partition coefficient (Wildman–Crippen LogP) is 15.3. The van der Waals surface area contributed by atoms with Crippen LogP contribution < -0.4 is 0 Å². The maximum Gasteiger partial charge on any atom is 0.306 e. The molecule has 314 valence electrons. The summed E-state index contributed by atoms with van der Waals surface area (Å²) in [5.41, 5.74) is 0. The SMILES string of the molecule is CC/C=C\C/C=C\C/C=C\C/C=C\CCCCCCCCCCCCCOCC(CO)OC(=O)CCCCCCCC/C=C\C/C=C\C/C=C\C/C=C\CC. The number of unbranched alkanes of at least 4 members (excludes halogenated alkanes) is 17. The predicted molar refractivity (Wildman–Crippen MR) is 242 cm³/mol. The summed E-state index contributed by atoms with van der Waals surface area (Å²) in [5.74, 6) is -0.219. The molecule has 4 nitrogen and oxygen atoms in total. The number of esters is 1. The average Bonchev–Trinajstić information content (AvgIpc) is 3.19. The molecule has 0 bridgehead atoms. The molecule has 1 N–H and O–H groups in total. The van der Waals surface area contributed by atoms with Gasteiger partial charge in [0.1, 0.15) is 6.10 Å². The van der Waals surface area contributed by atoms with Crippen molar-refractivity contribution < 1.29 is 19.4 Å². The summed E-state index contributed by atoms with van der Waals surface area (Å²) in [5, 5.41) is 9.62. The summed E-state index contributed by atoms with van der Waals surface area (Å²) in [6.45, 7) is 5.09. The van der Waals surface area contributed by atoms with Crippen molar-refractivity contribution in [2.75, 3.05) is 19.8 Å². The molecular formula is C51H86O4. The first-order chi connectivity index (χ1) is 27.2. The molecule has 0 aliphatic rings. The van der Waals surface area contributed by atoms with Crippen LogP contribution in [-0.4, -0.2) is 37.0 Å². The molecule has 0 saturated carbocycles. The Balaban J connectivity index is 3.48. The van der Waals surface area contributed by atoms with Crippen molar-refractivity contribution in [3.8, 4) is 0 Å². The molecule has 0 aliphatic carbocycles. The van der Waals surface area contributed by atoms with Crippen LogP contribution in [0, 0.1) is 0 Å². The van der Waals surface area contributed by atoms with Gasteiger partial charge in [-0.2, -0.15) is 0 Å². The smallest absolute Gasteiger partial charge is 0.306 e. The second-order valence-electron chi connectivity index (χ2n) is 14.7. The summed E-state index contributed by atoms with van der Waals surface area (Å²) in [6.07, 6.45) is 67.6. The molecule has 0 rings (SSSR count). The zero-order chi connectivity index (χ0) is 39.8. The maximum atomic E-state index is 12.2. The van der Waals surface area contributed by atoms with Crippen molar-refractivity contribution in [1.29, 1.82) is 0 Å². The topological polar surface area (TPSA) is 55.8 Å². The number of ether oxygens (including phenoxy) is 2. The lowest BCUT2D eigenvalue weighted by molar-refractivity contribution is -0.154. The molecule has 0 aromatic rings. The lowest BCUT2D eigenvalue weighted by Crippen LogP contribution is -2.27. The van der Waals surface area contributed by atoms with E-state index in [1.54, 1.807) is 0 Å². The molecule has 0 spiro atoms. The number of rotatable bonds is 41. The lowest BCUT2D eigenvalue weighted by atomic mass is 10.1. The van der Waals surface area contributed by atoms with Crippen LogP contribution in [-0.2, 0) is 14.3 Å². The van der Waals surface area contributed by atoms with Crippen LogP contribution in [0.4, 0.5) is 0 Å². The first-order valence-electron chi connectivity index (χ1n) is 22.8. The summed E-state index contributed by atoms with van der Waals surface area (Å²) in [6, 6.07) is 0. The molecule has 0 aliphatic heterocycles. The van der Waals surface area contributed by atoms with Gasteiger partial charge in [0.2, 0.25) is 0 Å². The Morgan fingerprint density at radius 3 is 1.15 bits per heavy atom. The number of hydrogen-bond acceptors (Lipinski definition) is 4. The van der Waals surface area contributed by atoms with Gasteiger partial charge < -0.3 is 14.6 Å². The van der Waals surface area contributed by atoms with Gasteiger partial charge in [0.15, 0.2) is 0 Å². The van der Waals surface area contributed by atoms with Gasteiger partial charge in [-0.05, 0) is 89.9 Å². The number of carbonyl (C=O) groups excluding carboxylic acids is 1. The average molecular weight is 763 g/mol. The first kappa shape index (κ1) is 52.3. The fourth-order valence-corrected chi connectivity index (χ4v) is 6.07. The van der Waals surface area contributed by atoms with Crippen LogP contribution in [0.3, 0.4) is 0 Å². The molecule has 55 heavy (non-hydrogen) atoms. The Labute approximate surface area is 341 Å². The van der Waals surface area contributed by atoms with E-state index in [1.165, 1.54) is 89.9 Å². The number of carbonyl (C=O) groups is 1. The van der Waals surface area contributed by atoms with Gasteiger partial charge in [-0.25, -0.2) is 0 Å². The van der Waals surface area contributed by atoms with E-state index in [-0.39, 0.29) is 19.2 Å². The van der Waals surface area contributed by atoms with Gasteiger partial charge in [0.05, 0.1) is 13.2 Å². The molecule has 0 heterocycles. The summed E-state index contributed by atoms with van der Waals surface area (Å²) in [7, 11) is 0. The Morgan fingerprint density at radius 2 is 0.764 bits per heavy atom. The molecule has 1 atom stereocenters. The Morgan fingerprint density at radius 1 is 0.436 bits per heavy atom. The quantitative estimate of drug-likeness (QED) is 0.0383. The summed E-state index contributed by atoms with van der Waals surface area (Å²) < 4.78 is 11.2. The van der Waals surface area contributed by atoms with Gasteiger partial charge in [0, 0.05) is 13.0 Å². The molecule has 0 saturated heterocycles. The molecule has 0 aromatic carbocycles. The molecule has 0 aromatic heterocycles.